The number of amides is 1. The first-order chi connectivity index (χ1) is 18.5. The van der Waals surface area contributed by atoms with Gasteiger partial charge in [0.1, 0.15) is 23.2 Å². The largest absolute Gasteiger partial charge is 0.507 e. The second-order valence-corrected chi connectivity index (χ2v) is 9.06. The molecule has 1 aliphatic heterocycles. The lowest BCUT2D eigenvalue weighted by molar-refractivity contribution is 0.0996. The maximum atomic E-state index is 13.7. The summed E-state index contributed by atoms with van der Waals surface area (Å²) in [6.07, 6.45) is 2.45. The Morgan fingerprint density at radius 3 is 2.70 bits per heavy atom. The lowest BCUT2D eigenvalue weighted by atomic mass is 9.96. The first-order valence-electron chi connectivity index (χ1n) is 12.3. The number of hydrogen-bond donors (Lipinski definition) is 3. The molecule has 2 aromatic carbocycles. The van der Waals surface area contributed by atoms with E-state index >= 15 is 0 Å². The number of rotatable bonds is 6. The number of hydrogen-bond acceptors (Lipinski definition) is 7. The molecule has 0 saturated carbocycles. The van der Waals surface area contributed by atoms with Crippen molar-refractivity contribution >= 4 is 36.5 Å². The average molecular weight is 584 g/mol. The monoisotopic (exact) mass is 583 g/mol. The number of pyridine rings is 1. The SMILES string of the molecule is Cl.Cl.N#Cc1c(-c2cccc(CN3CCCNCC3)c2)cc(-c2ccc(F)cc2O)nc1NC(=O)c1ccco1. The predicted octanol–water partition coefficient (Wildman–Crippen LogP) is 5.62. The first kappa shape index (κ1) is 30.6. The summed E-state index contributed by atoms with van der Waals surface area (Å²) < 4.78 is 18.9. The van der Waals surface area contributed by atoms with Gasteiger partial charge in [-0.1, -0.05) is 18.2 Å². The minimum absolute atomic E-state index is 0. The number of carbonyl (C=O) groups excluding carboxylic acids is 1. The number of aromatic hydroxyl groups is 1. The van der Waals surface area contributed by atoms with Gasteiger partial charge >= 0.3 is 0 Å². The molecule has 5 rings (SSSR count). The predicted molar refractivity (Wildman–Crippen MR) is 155 cm³/mol. The maximum absolute atomic E-state index is 13.7. The molecule has 0 spiro atoms. The Morgan fingerprint density at radius 2 is 1.95 bits per heavy atom. The topological polar surface area (TPSA) is 114 Å². The van der Waals surface area contributed by atoms with Crippen molar-refractivity contribution in [3.8, 4) is 34.2 Å². The molecule has 40 heavy (non-hydrogen) atoms. The number of halogens is 3. The summed E-state index contributed by atoms with van der Waals surface area (Å²) >= 11 is 0. The lowest BCUT2D eigenvalue weighted by Gasteiger charge is -2.20. The Kier molecular flexibility index (Phi) is 10.6. The smallest absolute Gasteiger partial charge is 0.292 e. The molecular weight excluding hydrogens is 556 g/mol. The number of nitriles is 1. The summed E-state index contributed by atoms with van der Waals surface area (Å²) in [5.74, 6) is -1.41. The molecule has 4 aromatic rings. The molecule has 1 amide bonds. The van der Waals surface area contributed by atoms with Gasteiger partial charge in [-0.05, 0) is 67.0 Å². The quantitative estimate of drug-likeness (QED) is 0.270. The number of phenols is 1. The molecule has 208 valence electrons. The van der Waals surface area contributed by atoms with E-state index in [1.807, 2.05) is 24.3 Å². The van der Waals surface area contributed by atoms with Gasteiger partial charge in [-0.2, -0.15) is 5.26 Å². The number of furan rings is 1. The van der Waals surface area contributed by atoms with Gasteiger partial charge in [-0.15, -0.1) is 24.8 Å². The molecule has 1 aliphatic rings. The molecule has 0 atom stereocenters. The van der Waals surface area contributed by atoms with Gasteiger partial charge in [-0.3, -0.25) is 9.69 Å². The number of nitrogens with one attached hydrogen (secondary N) is 2. The van der Waals surface area contributed by atoms with E-state index < -0.39 is 11.7 Å². The van der Waals surface area contributed by atoms with Crippen LogP contribution in [-0.2, 0) is 6.54 Å². The van der Waals surface area contributed by atoms with E-state index in [-0.39, 0.29) is 59.0 Å². The number of benzene rings is 2. The van der Waals surface area contributed by atoms with Crippen LogP contribution in [0.25, 0.3) is 22.4 Å². The standard InChI is InChI=1S/C29H26FN5O3.2ClH/c30-21-7-8-22(26(36)15-21)25-16-23(24(17-31)28(33-25)34-29(37)27-6-2-13-38-27)20-5-1-4-19(14-20)18-35-11-3-9-32-10-12-35;;/h1-2,4-8,13-16,32,36H,3,9-12,18H2,(H,33,34,37);2*1H. The fraction of sp³-hybridized carbons (Fsp3) is 0.207. The van der Waals surface area contributed by atoms with Crippen molar-refractivity contribution in [2.75, 3.05) is 31.5 Å². The van der Waals surface area contributed by atoms with Crippen molar-refractivity contribution in [1.29, 1.82) is 5.26 Å². The molecular formula is C29H28Cl2FN5O3. The third kappa shape index (κ3) is 6.97. The van der Waals surface area contributed by atoms with Gasteiger partial charge < -0.3 is 20.2 Å². The van der Waals surface area contributed by atoms with E-state index in [4.69, 9.17) is 4.42 Å². The van der Waals surface area contributed by atoms with E-state index in [1.54, 1.807) is 12.1 Å². The number of aromatic nitrogens is 1. The Labute approximate surface area is 243 Å². The maximum Gasteiger partial charge on any atom is 0.292 e. The lowest BCUT2D eigenvalue weighted by Crippen LogP contribution is -2.27. The molecule has 0 unspecified atom stereocenters. The zero-order valence-corrected chi connectivity index (χ0v) is 23.0. The van der Waals surface area contributed by atoms with Crippen molar-refractivity contribution in [1.82, 2.24) is 15.2 Å². The molecule has 3 heterocycles. The van der Waals surface area contributed by atoms with Gasteiger partial charge in [0.15, 0.2) is 11.6 Å². The van der Waals surface area contributed by atoms with Crippen molar-refractivity contribution < 1.29 is 18.7 Å². The molecule has 0 radical (unpaired) electrons. The van der Waals surface area contributed by atoms with Gasteiger partial charge in [0, 0.05) is 36.8 Å². The van der Waals surface area contributed by atoms with Crippen molar-refractivity contribution in [2.45, 2.75) is 13.0 Å². The van der Waals surface area contributed by atoms with E-state index in [0.717, 1.165) is 56.3 Å². The third-order valence-electron chi connectivity index (χ3n) is 6.42. The van der Waals surface area contributed by atoms with E-state index in [1.165, 1.54) is 24.5 Å². The van der Waals surface area contributed by atoms with Crippen molar-refractivity contribution in [2.24, 2.45) is 0 Å². The van der Waals surface area contributed by atoms with E-state index in [9.17, 15) is 19.6 Å². The molecule has 0 bridgehead atoms. The van der Waals surface area contributed by atoms with Crippen LogP contribution in [0.4, 0.5) is 10.2 Å². The number of anilines is 1. The zero-order chi connectivity index (χ0) is 26.5. The van der Waals surface area contributed by atoms with Crippen LogP contribution >= 0.6 is 24.8 Å². The average Bonchev–Trinajstić information content (AvgIpc) is 3.34. The van der Waals surface area contributed by atoms with Gasteiger partial charge in [0.2, 0.25) is 0 Å². The minimum atomic E-state index is -0.595. The number of carbonyl (C=O) groups is 1. The van der Waals surface area contributed by atoms with Crippen LogP contribution in [0.5, 0.6) is 5.75 Å². The van der Waals surface area contributed by atoms with Crippen LogP contribution in [-0.4, -0.2) is 47.1 Å². The first-order valence-corrected chi connectivity index (χ1v) is 12.3. The summed E-state index contributed by atoms with van der Waals surface area (Å²) in [7, 11) is 0. The molecule has 8 nitrogen and oxygen atoms in total. The summed E-state index contributed by atoms with van der Waals surface area (Å²) in [5.41, 5.74) is 3.05. The van der Waals surface area contributed by atoms with Gasteiger partial charge in [0.05, 0.1) is 12.0 Å². The van der Waals surface area contributed by atoms with Gasteiger partial charge in [-0.25, -0.2) is 9.37 Å². The molecule has 3 N–H and O–H groups in total. The van der Waals surface area contributed by atoms with Crippen LogP contribution in [0.2, 0.25) is 0 Å². The molecule has 0 aliphatic carbocycles. The molecule has 2 aromatic heterocycles. The molecule has 1 saturated heterocycles. The Bertz CT molecular complexity index is 1500. The third-order valence-corrected chi connectivity index (χ3v) is 6.42. The Hall–Kier alpha value is -3.94. The van der Waals surface area contributed by atoms with E-state index in [2.05, 4.69) is 26.6 Å². The second-order valence-electron chi connectivity index (χ2n) is 9.06. The fourth-order valence-corrected chi connectivity index (χ4v) is 4.57. The normalized spacial score (nSPS) is 13.3. The summed E-state index contributed by atoms with van der Waals surface area (Å²) in [5, 5.41) is 26.7. The Balaban J connectivity index is 0.00000220. The highest BCUT2D eigenvalue weighted by Gasteiger charge is 2.21. The number of nitrogens with zero attached hydrogens (tertiary/aromatic N) is 3. The minimum Gasteiger partial charge on any atom is -0.507 e. The van der Waals surface area contributed by atoms with Crippen molar-refractivity contribution in [3.63, 3.8) is 0 Å². The van der Waals surface area contributed by atoms with Crippen LogP contribution in [0, 0.1) is 17.1 Å². The van der Waals surface area contributed by atoms with E-state index in [0.29, 0.717) is 5.56 Å². The second kappa shape index (κ2) is 13.9. The highest BCUT2D eigenvalue weighted by atomic mass is 35.5. The summed E-state index contributed by atoms with van der Waals surface area (Å²) in [6.45, 7) is 4.64. The van der Waals surface area contributed by atoms with Gasteiger partial charge in [0.25, 0.3) is 5.91 Å². The highest BCUT2D eigenvalue weighted by molar-refractivity contribution is 6.03. The number of phenolic OH excluding ortho intramolecular Hbond substituents is 1. The van der Waals surface area contributed by atoms with Crippen LogP contribution < -0.4 is 10.6 Å². The van der Waals surface area contributed by atoms with Crippen LogP contribution in [0.15, 0.2) is 71.3 Å². The molecule has 11 heteroatoms. The molecule has 1 fully saturated rings. The zero-order valence-electron chi connectivity index (χ0n) is 21.4. The summed E-state index contributed by atoms with van der Waals surface area (Å²) in [6, 6.07) is 18.4. The highest BCUT2D eigenvalue weighted by Crippen LogP contribution is 2.36. The summed E-state index contributed by atoms with van der Waals surface area (Å²) in [4.78, 5) is 19.6. The Morgan fingerprint density at radius 1 is 1.10 bits per heavy atom. The van der Waals surface area contributed by atoms with Crippen LogP contribution in [0.1, 0.15) is 28.1 Å². The van der Waals surface area contributed by atoms with Crippen molar-refractivity contribution in [3.05, 3.63) is 89.6 Å². The fourth-order valence-electron chi connectivity index (χ4n) is 4.57. The van der Waals surface area contributed by atoms with Crippen LogP contribution in [0.3, 0.4) is 0 Å².